The van der Waals surface area contributed by atoms with Gasteiger partial charge in [-0.15, -0.1) is 0 Å². The lowest BCUT2D eigenvalue weighted by molar-refractivity contribution is -0.135. The van der Waals surface area contributed by atoms with E-state index in [2.05, 4.69) is 24.1 Å². The van der Waals surface area contributed by atoms with Gasteiger partial charge < -0.3 is 10.2 Å². The first kappa shape index (κ1) is 18.0. The minimum absolute atomic E-state index is 0.0735. The van der Waals surface area contributed by atoms with Crippen molar-refractivity contribution in [3.05, 3.63) is 0 Å². The van der Waals surface area contributed by atoms with Gasteiger partial charge in [0.1, 0.15) is 0 Å². The number of amides is 2. The summed E-state index contributed by atoms with van der Waals surface area (Å²) in [6.07, 6.45) is 1.68. The van der Waals surface area contributed by atoms with Crippen LogP contribution in [0.25, 0.3) is 0 Å². The van der Waals surface area contributed by atoms with Gasteiger partial charge in [0.15, 0.2) is 0 Å². The fraction of sp³-hybridized carbons (Fsp3) is 0.875. The van der Waals surface area contributed by atoms with Gasteiger partial charge in [-0.05, 0) is 26.7 Å². The summed E-state index contributed by atoms with van der Waals surface area (Å²) in [5.41, 5.74) is 0. The van der Waals surface area contributed by atoms with E-state index in [0.29, 0.717) is 12.3 Å². The van der Waals surface area contributed by atoms with Gasteiger partial charge in [0.2, 0.25) is 11.8 Å². The van der Waals surface area contributed by atoms with Crippen molar-refractivity contribution in [3.8, 4) is 0 Å². The molecular weight excluding hydrogens is 266 g/mol. The van der Waals surface area contributed by atoms with Gasteiger partial charge in [-0.3, -0.25) is 14.5 Å². The van der Waals surface area contributed by atoms with Gasteiger partial charge in [0.05, 0.1) is 6.04 Å². The number of carbonyl (C=O) groups excluding carboxylic acids is 2. The second-order valence-corrected chi connectivity index (χ2v) is 6.47. The van der Waals surface area contributed by atoms with Crippen LogP contribution >= 0.6 is 0 Å². The first-order valence-electron chi connectivity index (χ1n) is 8.17. The molecule has 0 bridgehead atoms. The Morgan fingerprint density at radius 2 is 1.62 bits per heavy atom. The molecule has 21 heavy (non-hydrogen) atoms. The van der Waals surface area contributed by atoms with Gasteiger partial charge in [-0.25, -0.2) is 0 Å². The van der Waals surface area contributed by atoms with Crippen LogP contribution in [0.2, 0.25) is 0 Å². The maximum absolute atomic E-state index is 12.2. The lowest BCUT2D eigenvalue weighted by Gasteiger charge is -2.38. The minimum Gasteiger partial charge on any atom is -0.353 e. The predicted octanol–water partition coefficient (Wildman–Crippen LogP) is 1.48. The van der Waals surface area contributed by atoms with Crippen molar-refractivity contribution >= 4 is 11.8 Å². The minimum atomic E-state index is -0.126. The fourth-order valence-corrected chi connectivity index (χ4v) is 2.50. The van der Waals surface area contributed by atoms with E-state index >= 15 is 0 Å². The van der Waals surface area contributed by atoms with E-state index in [1.54, 1.807) is 0 Å². The van der Waals surface area contributed by atoms with Crippen LogP contribution in [0.15, 0.2) is 0 Å². The summed E-state index contributed by atoms with van der Waals surface area (Å²) in [6, 6.07) is 0.0394. The Labute approximate surface area is 129 Å². The molecule has 1 rings (SSSR count). The topological polar surface area (TPSA) is 52.7 Å². The van der Waals surface area contributed by atoms with E-state index in [4.69, 9.17) is 0 Å². The maximum atomic E-state index is 12.2. The van der Waals surface area contributed by atoms with Gasteiger partial charge in [-0.2, -0.15) is 0 Å². The third-order valence-corrected chi connectivity index (χ3v) is 4.25. The molecule has 2 amide bonds. The van der Waals surface area contributed by atoms with Crippen LogP contribution in [0.3, 0.4) is 0 Å². The second-order valence-electron chi connectivity index (χ2n) is 6.47. The number of nitrogens with one attached hydrogen (secondary N) is 1. The van der Waals surface area contributed by atoms with Crippen LogP contribution in [0.1, 0.15) is 47.5 Å². The highest BCUT2D eigenvalue weighted by Crippen LogP contribution is 2.12. The lowest BCUT2D eigenvalue weighted by Crippen LogP contribution is -2.55. The molecule has 5 heteroatoms. The first-order chi connectivity index (χ1) is 9.85. The molecule has 122 valence electrons. The van der Waals surface area contributed by atoms with Crippen molar-refractivity contribution < 1.29 is 9.59 Å². The Morgan fingerprint density at radius 1 is 1.05 bits per heavy atom. The highest BCUT2D eigenvalue weighted by Gasteiger charge is 2.27. The number of hydrogen-bond acceptors (Lipinski definition) is 3. The Kier molecular flexibility index (Phi) is 7.15. The third kappa shape index (κ3) is 5.65. The zero-order valence-corrected chi connectivity index (χ0v) is 14.2. The zero-order chi connectivity index (χ0) is 16.0. The van der Waals surface area contributed by atoms with Gasteiger partial charge in [0.25, 0.3) is 0 Å². The van der Waals surface area contributed by atoms with E-state index in [0.717, 1.165) is 32.6 Å². The molecule has 1 fully saturated rings. The second kappa shape index (κ2) is 8.37. The molecule has 2 atom stereocenters. The molecule has 1 heterocycles. The highest BCUT2D eigenvalue weighted by molar-refractivity contribution is 5.81. The molecule has 1 aliphatic heterocycles. The molecule has 0 radical (unpaired) electrons. The molecule has 0 saturated carbocycles. The molecular formula is C16H31N3O2. The van der Waals surface area contributed by atoms with Crippen LogP contribution in [-0.2, 0) is 9.59 Å². The number of carbonyl (C=O) groups is 2. The average molecular weight is 297 g/mol. The molecule has 0 aromatic carbocycles. The molecule has 1 aliphatic rings. The van der Waals surface area contributed by atoms with Crippen LogP contribution in [0, 0.1) is 5.92 Å². The van der Waals surface area contributed by atoms with Crippen molar-refractivity contribution in [2.75, 3.05) is 26.2 Å². The monoisotopic (exact) mass is 297 g/mol. The Balaban J connectivity index is 2.41. The van der Waals surface area contributed by atoms with E-state index in [-0.39, 0.29) is 23.9 Å². The molecule has 1 saturated heterocycles. The van der Waals surface area contributed by atoms with Gasteiger partial charge >= 0.3 is 0 Å². The third-order valence-electron chi connectivity index (χ3n) is 4.25. The summed E-state index contributed by atoms with van der Waals surface area (Å²) in [5.74, 6) is 0.777. The molecule has 1 N–H and O–H groups in total. The zero-order valence-electron chi connectivity index (χ0n) is 14.2. The van der Waals surface area contributed by atoms with E-state index in [9.17, 15) is 9.59 Å². The predicted molar refractivity (Wildman–Crippen MR) is 85.0 cm³/mol. The van der Waals surface area contributed by atoms with Crippen LogP contribution in [0.4, 0.5) is 0 Å². The summed E-state index contributed by atoms with van der Waals surface area (Å²) in [5, 5.41) is 2.95. The van der Waals surface area contributed by atoms with E-state index < -0.39 is 0 Å². The van der Waals surface area contributed by atoms with Crippen molar-refractivity contribution in [2.24, 2.45) is 5.92 Å². The standard InChI is InChI=1S/C16H31N3O2/c1-6-13(4)11-15(20)19-9-7-18(8-10-19)14(5)16(21)17-12(2)3/h12-14H,6-11H2,1-5H3,(H,17,21)/t13-,14+/m1/s1. The summed E-state index contributed by atoms with van der Waals surface area (Å²) < 4.78 is 0. The first-order valence-corrected chi connectivity index (χ1v) is 8.17. The summed E-state index contributed by atoms with van der Waals surface area (Å²) in [6.45, 7) is 13.1. The van der Waals surface area contributed by atoms with Gasteiger partial charge in [0, 0.05) is 38.6 Å². The molecule has 5 nitrogen and oxygen atoms in total. The molecule has 0 spiro atoms. The summed E-state index contributed by atoms with van der Waals surface area (Å²) in [7, 11) is 0. The van der Waals surface area contributed by atoms with Crippen LogP contribution in [0.5, 0.6) is 0 Å². The van der Waals surface area contributed by atoms with Crippen molar-refractivity contribution in [1.29, 1.82) is 0 Å². The smallest absolute Gasteiger partial charge is 0.237 e. The van der Waals surface area contributed by atoms with Crippen LogP contribution in [-0.4, -0.2) is 59.9 Å². The highest BCUT2D eigenvalue weighted by atomic mass is 16.2. The van der Waals surface area contributed by atoms with Crippen LogP contribution < -0.4 is 5.32 Å². The molecule has 0 aliphatic carbocycles. The SMILES string of the molecule is CC[C@@H](C)CC(=O)N1CCN([C@@H](C)C(=O)NC(C)C)CC1. The Bertz CT molecular complexity index is 349. The van der Waals surface area contributed by atoms with Crippen molar-refractivity contribution in [3.63, 3.8) is 0 Å². The number of hydrogen-bond donors (Lipinski definition) is 1. The fourth-order valence-electron chi connectivity index (χ4n) is 2.50. The molecule has 0 unspecified atom stereocenters. The van der Waals surface area contributed by atoms with Crippen molar-refractivity contribution in [2.45, 2.75) is 59.5 Å². The molecule has 0 aromatic heterocycles. The van der Waals surface area contributed by atoms with Gasteiger partial charge in [-0.1, -0.05) is 20.3 Å². The van der Waals surface area contributed by atoms with Crippen molar-refractivity contribution in [1.82, 2.24) is 15.1 Å². The lowest BCUT2D eigenvalue weighted by atomic mass is 10.0. The number of nitrogens with zero attached hydrogens (tertiary/aromatic N) is 2. The summed E-state index contributed by atoms with van der Waals surface area (Å²) >= 11 is 0. The largest absolute Gasteiger partial charge is 0.353 e. The summed E-state index contributed by atoms with van der Waals surface area (Å²) in [4.78, 5) is 28.3. The number of piperazine rings is 1. The normalized spacial score (nSPS) is 19.4. The van der Waals surface area contributed by atoms with E-state index in [1.165, 1.54) is 0 Å². The maximum Gasteiger partial charge on any atom is 0.237 e. The Hall–Kier alpha value is -1.10. The quantitative estimate of drug-likeness (QED) is 0.808. The molecule has 0 aromatic rings. The average Bonchev–Trinajstić information content (AvgIpc) is 2.45. The number of rotatable bonds is 6. The van der Waals surface area contributed by atoms with E-state index in [1.807, 2.05) is 25.7 Å². The Morgan fingerprint density at radius 3 is 2.10 bits per heavy atom.